The fraction of sp³-hybridized carbons (Fsp3) is 0.250. The number of nitrogens with two attached hydrogens (primary N) is 1. The molecule has 0 aliphatic carbocycles. The maximum absolute atomic E-state index is 10.9. The smallest absolute Gasteiger partial charge is 0.227 e. The Bertz CT molecular complexity index is 391. The zero-order valence-electron chi connectivity index (χ0n) is 8.18. The van der Waals surface area contributed by atoms with Gasteiger partial charge in [-0.15, -0.1) is 0 Å². The van der Waals surface area contributed by atoms with Crippen molar-refractivity contribution < 1.29 is 4.79 Å². The van der Waals surface area contributed by atoms with E-state index in [9.17, 15) is 4.79 Å². The number of hydrogen-bond donors (Lipinski definition) is 1. The summed E-state index contributed by atoms with van der Waals surface area (Å²) in [6.45, 7) is 0. The van der Waals surface area contributed by atoms with E-state index < -0.39 is 11.9 Å². The number of pyridine rings is 1. The number of primary amides is 1. The molecule has 0 fully saturated rings. The molecule has 6 nitrogen and oxygen atoms in total. The van der Waals surface area contributed by atoms with Crippen LogP contribution in [0.15, 0.2) is 34.5 Å². The van der Waals surface area contributed by atoms with Gasteiger partial charge in [-0.05, 0) is 28.5 Å². The van der Waals surface area contributed by atoms with Crippen molar-refractivity contribution in [3.8, 4) is 0 Å². The molecule has 0 bridgehead atoms. The van der Waals surface area contributed by atoms with Crippen molar-refractivity contribution in [2.45, 2.75) is 11.1 Å². The molecule has 0 spiro atoms. The molecule has 8 heteroatoms. The van der Waals surface area contributed by atoms with Crippen LogP contribution in [0.3, 0.4) is 0 Å². The van der Waals surface area contributed by atoms with Gasteiger partial charge in [0.05, 0.1) is 0 Å². The highest BCUT2D eigenvalue weighted by Gasteiger charge is 2.13. The minimum Gasteiger partial charge on any atom is -0.369 e. The fourth-order valence-electron chi connectivity index (χ4n) is 0.790. The van der Waals surface area contributed by atoms with E-state index in [-0.39, 0.29) is 0 Å². The highest BCUT2D eigenvalue weighted by molar-refractivity contribution is 8.76. The van der Waals surface area contributed by atoms with E-state index in [0.717, 1.165) is 5.03 Å². The third-order valence-corrected chi connectivity index (χ3v) is 3.78. The highest BCUT2D eigenvalue weighted by atomic mass is 33.1. The predicted octanol–water partition coefficient (Wildman–Crippen LogP) is 1.99. The van der Waals surface area contributed by atoms with Gasteiger partial charge in [-0.3, -0.25) is 4.79 Å². The van der Waals surface area contributed by atoms with Crippen molar-refractivity contribution in [3.63, 3.8) is 0 Å². The molecule has 1 amide bonds. The monoisotopic (exact) mass is 255 g/mol. The van der Waals surface area contributed by atoms with E-state index in [0.29, 0.717) is 5.75 Å². The lowest BCUT2D eigenvalue weighted by atomic mass is 10.3. The zero-order chi connectivity index (χ0) is 11.8. The van der Waals surface area contributed by atoms with Gasteiger partial charge in [0.25, 0.3) is 0 Å². The maximum Gasteiger partial charge on any atom is 0.227 e. The Morgan fingerprint density at radius 1 is 1.69 bits per heavy atom. The average Bonchev–Trinajstić information content (AvgIpc) is 2.29. The summed E-state index contributed by atoms with van der Waals surface area (Å²) in [5.41, 5.74) is 13.3. The molecule has 0 saturated heterocycles. The van der Waals surface area contributed by atoms with Gasteiger partial charge in [0.1, 0.15) is 11.1 Å². The summed E-state index contributed by atoms with van der Waals surface area (Å²) in [7, 11) is 2.78. The first-order valence-electron chi connectivity index (χ1n) is 4.28. The molecule has 2 N–H and O–H groups in total. The number of carbonyl (C=O) groups is 1. The number of hydrogen-bond acceptors (Lipinski definition) is 5. The Morgan fingerprint density at radius 3 is 3.06 bits per heavy atom. The summed E-state index contributed by atoms with van der Waals surface area (Å²) in [6.07, 6.45) is 1.68. The van der Waals surface area contributed by atoms with E-state index in [1.54, 1.807) is 6.20 Å². The molecular formula is C8H9N5OS2. The van der Waals surface area contributed by atoms with E-state index in [1.807, 2.05) is 18.2 Å². The second kappa shape index (κ2) is 7.00. The lowest BCUT2D eigenvalue weighted by Crippen LogP contribution is -2.28. The standard InChI is InChI=1S/C8H9N5OS2/c9-8(14)6(12-13-10)5-15-16-7-3-1-2-4-11-7/h1-4,6H,5H2,(H2,9,14). The first-order chi connectivity index (χ1) is 7.74. The van der Waals surface area contributed by atoms with E-state index >= 15 is 0 Å². The van der Waals surface area contributed by atoms with E-state index in [4.69, 9.17) is 11.3 Å². The summed E-state index contributed by atoms with van der Waals surface area (Å²) >= 11 is 0. The molecule has 1 aromatic rings. The normalized spacial score (nSPS) is 11.5. The maximum atomic E-state index is 10.9. The van der Waals surface area contributed by atoms with Crippen LogP contribution < -0.4 is 5.73 Å². The van der Waals surface area contributed by atoms with Crippen molar-refractivity contribution >= 4 is 27.5 Å². The molecule has 0 radical (unpaired) electrons. The number of aromatic nitrogens is 1. The van der Waals surface area contributed by atoms with Gasteiger partial charge in [0.15, 0.2) is 0 Å². The summed E-state index contributed by atoms with van der Waals surface area (Å²) in [6, 6.07) is 4.73. The molecule has 16 heavy (non-hydrogen) atoms. The quantitative estimate of drug-likeness (QED) is 0.363. The third kappa shape index (κ3) is 4.43. The summed E-state index contributed by atoms with van der Waals surface area (Å²) in [4.78, 5) is 17.5. The number of carbonyl (C=O) groups excluding carboxylic acids is 1. The lowest BCUT2D eigenvalue weighted by Gasteiger charge is -2.04. The zero-order valence-corrected chi connectivity index (χ0v) is 9.82. The molecular weight excluding hydrogens is 246 g/mol. The second-order valence-corrected chi connectivity index (χ2v) is 5.02. The van der Waals surface area contributed by atoms with Crippen LogP contribution in [0.4, 0.5) is 0 Å². The largest absolute Gasteiger partial charge is 0.369 e. The van der Waals surface area contributed by atoms with Crippen LogP contribution in [0.5, 0.6) is 0 Å². The van der Waals surface area contributed by atoms with Gasteiger partial charge in [-0.1, -0.05) is 22.0 Å². The minimum atomic E-state index is -0.814. The fourth-order valence-corrected chi connectivity index (χ4v) is 2.83. The van der Waals surface area contributed by atoms with Crippen molar-refractivity contribution in [1.29, 1.82) is 0 Å². The van der Waals surface area contributed by atoms with Crippen molar-refractivity contribution in [2.24, 2.45) is 10.8 Å². The Labute approximate surface area is 100 Å². The first kappa shape index (κ1) is 12.7. The molecule has 0 aliphatic heterocycles. The summed E-state index contributed by atoms with van der Waals surface area (Å²) in [5, 5.41) is 4.14. The second-order valence-electron chi connectivity index (χ2n) is 2.66. The number of rotatable bonds is 6. The molecule has 1 heterocycles. The van der Waals surface area contributed by atoms with E-state index in [1.165, 1.54) is 21.6 Å². The van der Waals surface area contributed by atoms with Crippen LogP contribution in [0.2, 0.25) is 0 Å². The molecule has 1 atom stereocenters. The molecule has 1 rings (SSSR count). The SMILES string of the molecule is [N-]=[N+]=NC(CSSc1ccccn1)C(N)=O. The Balaban J connectivity index is 2.39. The first-order valence-corrected chi connectivity index (χ1v) is 6.60. The van der Waals surface area contributed by atoms with Gasteiger partial charge >= 0.3 is 0 Å². The minimum absolute atomic E-state index is 0.334. The Kier molecular flexibility index (Phi) is 5.55. The van der Waals surface area contributed by atoms with Crippen LogP contribution in [0.1, 0.15) is 0 Å². The molecule has 1 aromatic heterocycles. The molecule has 0 aliphatic rings. The Hall–Kier alpha value is -1.37. The topological polar surface area (TPSA) is 105 Å². The third-order valence-electron chi connectivity index (χ3n) is 1.53. The Morgan fingerprint density at radius 2 is 2.50 bits per heavy atom. The van der Waals surface area contributed by atoms with Gasteiger partial charge in [-0.2, -0.15) is 0 Å². The molecule has 0 aromatic carbocycles. The van der Waals surface area contributed by atoms with Crippen LogP contribution >= 0.6 is 21.6 Å². The molecule has 1 unspecified atom stereocenters. The number of amides is 1. The van der Waals surface area contributed by atoms with Crippen LogP contribution in [-0.2, 0) is 4.79 Å². The average molecular weight is 255 g/mol. The van der Waals surface area contributed by atoms with Crippen molar-refractivity contribution in [1.82, 2.24) is 4.98 Å². The molecule has 0 saturated carbocycles. The number of nitrogens with zero attached hydrogens (tertiary/aromatic N) is 4. The van der Waals surface area contributed by atoms with Gasteiger partial charge in [0.2, 0.25) is 5.91 Å². The van der Waals surface area contributed by atoms with Crippen LogP contribution in [0.25, 0.3) is 10.4 Å². The summed E-state index contributed by atoms with van der Waals surface area (Å²) in [5.74, 6) is -0.285. The van der Waals surface area contributed by atoms with Gasteiger partial charge < -0.3 is 5.73 Å². The van der Waals surface area contributed by atoms with Crippen molar-refractivity contribution in [3.05, 3.63) is 34.8 Å². The highest BCUT2D eigenvalue weighted by Crippen LogP contribution is 2.29. The lowest BCUT2D eigenvalue weighted by molar-refractivity contribution is -0.118. The van der Waals surface area contributed by atoms with Crippen molar-refractivity contribution in [2.75, 3.05) is 5.75 Å². The van der Waals surface area contributed by atoms with Gasteiger partial charge in [0, 0.05) is 16.9 Å². The summed E-state index contributed by atoms with van der Waals surface area (Å²) < 4.78 is 0. The van der Waals surface area contributed by atoms with Crippen LogP contribution in [0, 0.1) is 0 Å². The van der Waals surface area contributed by atoms with E-state index in [2.05, 4.69) is 15.0 Å². The van der Waals surface area contributed by atoms with Crippen LogP contribution in [-0.4, -0.2) is 22.7 Å². The predicted molar refractivity (Wildman–Crippen MR) is 64.7 cm³/mol. The number of azide groups is 1. The molecule has 84 valence electrons. The van der Waals surface area contributed by atoms with Gasteiger partial charge in [-0.25, -0.2) is 4.98 Å².